The van der Waals surface area contributed by atoms with Crippen molar-refractivity contribution in [3.05, 3.63) is 39.9 Å². The van der Waals surface area contributed by atoms with Crippen LogP contribution in [-0.2, 0) is 16.1 Å². The first-order valence-corrected chi connectivity index (χ1v) is 7.90. The van der Waals surface area contributed by atoms with Gasteiger partial charge in [-0.25, -0.2) is 4.98 Å². The summed E-state index contributed by atoms with van der Waals surface area (Å²) >= 11 is 5.94. The molecule has 2 heterocycles. The molecule has 0 bridgehead atoms. The molecule has 1 aliphatic rings. The van der Waals surface area contributed by atoms with Crippen LogP contribution in [0.25, 0.3) is 10.9 Å². The number of carbonyl (C=O) groups excluding carboxylic acids is 1. The molecule has 0 N–H and O–H groups in total. The van der Waals surface area contributed by atoms with Crippen LogP contribution in [0.15, 0.2) is 29.3 Å². The monoisotopic (exact) mass is 335 g/mol. The SMILES string of the molecule is CC1CN(C(=O)Cn2cnc3ccc(Cl)cc3c2=O)CC(C)O1. The Kier molecular flexibility index (Phi) is 4.37. The van der Waals surface area contributed by atoms with Crippen molar-refractivity contribution in [2.24, 2.45) is 0 Å². The van der Waals surface area contributed by atoms with Crippen molar-refractivity contribution in [3.8, 4) is 0 Å². The lowest BCUT2D eigenvalue weighted by atomic mass is 10.2. The first kappa shape index (κ1) is 16.0. The van der Waals surface area contributed by atoms with E-state index < -0.39 is 0 Å². The van der Waals surface area contributed by atoms with Gasteiger partial charge in [0.15, 0.2) is 0 Å². The van der Waals surface area contributed by atoms with E-state index in [1.54, 1.807) is 23.1 Å². The Morgan fingerprint density at radius 3 is 2.74 bits per heavy atom. The second kappa shape index (κ2) is 6.29. The number of aromatic nitrogens is 2. The summed E-state index contributed by atoms with van der Waals surface area (Å²) in [7, 11) is 0. The molecule has 0 saturated carbocycles. The molecule has 1 aromatic carbocycles. The van der Waals surface area contributed by atoms with Gasteiger partial charge >= 0.3 is 0 Å². The Morgan fingerprint density at radius 2 is 2.04 bits per heavy atom. The number of amides is 1. The largest absolute Gasteiger partial charge is 0.372 e. The summed E-state index contributed by atoms with van der Waals surface area (Å²) in [6, 6.07) is 4.95. The van der Waals surface area contributed by atoms with Crippen LogP contribution in [0.5, 0.6) is 0 Å². The molecule has 0 aliphatic carbocycles. The molecule has 7 heteroatoms. The summed E-state index contributed by atoms with van der Waals surface area (Å²) in [6.45, 7) is 4.90. The average molecular weight is 336 g/mol. The minimum absolute atomic E-state index is 0.00652. The van der Waals surface area contributed by atoms with Gasteiger partial charge in [-0.05, 0) is 32.0 Å². The van der Waals surface area contributed by atoms with Gasteiger partial charge in [-0.3, -0.25) is 14.2 Å². The molecule has 1 amide bonds. The van der Waals surface area contributed by atoms with E-state index in [9.17, 15) is 9.59 Å². The fourth-order valence-corrected chi connectivity index (χ4v) is 3.04. The third-order valence-electron chi connectivity index (χ3n) is 3.86. The van der Waals surface area contributed by atoms with Gasteiger partial charge in [0.05, 0.1) is 29.4 Å². The van der Waals surface area contributed by atoms with Gasteiger partial charge in [-0.2, -0.15) is 0 Å². The van der Waals surface area contributed by atoms with Gasteiger partial charge in [0.2, 0.25) is 5.91 Å². The molecule has 122 valence electrons. The van der Waals surface area contributed by atoms with Gasteiger partial charge < -0.3 is 9.64 Å². The predicted octanol–water partition coefficient (Wildman–Crippen LogP) is 1.69. The van der Waals surface area contributed by atoms with Gasteiger partial charge in [0.1, 0.15) is 6.54 Å². The van der Waals surface area contributed by atoms with Crippen molar-refractivity contribution in [2.75, 3.05) is 13.1 Å². The molecule has 2 aromatic rings. The minimum atomic E-state index is -0.264. The molecule has 1 saturated heterocycles. The number of nitrogens with zero attached hydrogens (tertiary/aromatic N) is 3. The van der Waals surface area contributed by atoms with Crippen LogP contribution in [0.3, 0.4) is 0 Å². The van der Waals surface area contributed by atoms with Crippen LogP contribution in [0, 0.1) is 0 Å². The summed E-state index contributed by atoms with van der Waals surface area (Å²) in [5.41, 5.74) is 0.303. The summed E-state index contributed by atoms with van der Waals surface area (Å²) in [4.78, 5) is 30.9. The van der Waals surface area contributed by atoms with Crippen molar-refractivity contribution in [2.45, 2.75) is 32.6 Å². The fraction of sp³-hybridized carbons (Fsp3) is 0.438. The Bertz CT molecular complexity index is 795. The molecule has 1 aliphatic heterocycles. The quantitative estimate of drug-likeness (QED) is 0.837. The smallest absolute Gasteiger partial charge is 0.261 e. The number of carbonyl (C=O) groups is 1. The topological polar surface area (TPSA) is 64.4 Å². The molecular formula is C16H18ClN3O3. The van der Waals surface area contributed by atoms with Crippen molar-refractivity contribution in [1.29, 1.82) is 0 Å². The van der Waals surface area contributed by atoms with E-state index in [0.717, 1.165) is 0 Å². The van der Waals surface area contributed by atoms with Crippen LogP contribution in [-0.4, -0.2) is 45.7 Å². The maximum Gasteiger partial charge on any atom is 0.261 e. The summed E-state index contributed by atoms with van der Waals surface area (Å²) in [6.07, 6.45) is 1.39. The number of ether oxygens (including phenoxy) is 1. The number of rotatable bonds is 2. The second-order valence-electron chi connectivity index (χ2n) is 5.90. The molecule has 3 rings (SSSR count). The molecule has 0 spiro atoms. The first-order chi connectivity index (χ1) is 10.9. The molecular weight excluding hydrogens is 318 g/mol. The van der Waals surface area contributed by atoms with E-state index in [-0.39, 0.29) is 30.2 Å². The lowest BCUT2D eigenvalue weighted by molar-refractivity contribution is -0.143. The zero-order chi connectivity index (χ0) is 16.6. The zero-order valence-electron chi connectivity index (χ0n) is 13.0. The number of fused-ring (bicyclic) bond motifs is 1. The van der Waals surface area contributed by atoms with E-state index in [1.165, 1.54) is 10.9 Å². The number of morpholine rings is 1. The van der Waals surface area contributed by atoms with Crippen molar-refractivity contribution >= 4 is 28.4 Å². The summed E-state index contributed by atoms with van der Waals surface area (Å²) < 4.78 is 6.95. The maximum atomic E-state index is 12.5. The van der Waals surface area contributed by atoms with Crippen molar-refractivity contribution in [1.82, 2.24) is 14.5 Å². The third-order valence-corrected chi connectivity index (χ3v) is 4.10. The second-order valence-corrected chi connectivity index (χ2v) is 6.33. The van der Waals surface area contributed by atoms with Crippen LogP contribution < -0.4 is 5.56 Å². The van der Waals surface area contributed by atoms with Gasteiger partial charge in [0.25, 0.3) is 5.56 Å². The van der Waals surface area contributed by atoms with E-state index in [4.69, 9.17) is 16.3 Å². The van der Waals surface area contributed by atoms with Crippen molar-refractivity contribution < 1.29 is 9.53 Å². The Labute approximate surface area is 138 Å². The van der Waals surface area contributed by atoms with Crippen LogP contribution in [0.2, 0.25) is 5.02 Å². The molecule has 2 atom stereocenters. The molecule has 2 unspecified atom stereocenters. The Morgan fingerprint density at radius 1 is 1.35 bits per heavy atom. The van der Waals surface area contributed by atoms with Crippen LogP contribution >= 0.6 is 11.6 Å². The normalized spacial score (nSPS) is 21.6. The first-order valence-electron chi connectivity index (χ1n) is 7.52. The van der Waals surface area contributed by atoms with Gasteiger partial charge in [0, 0.05) is 18.1 Å². The third kappa shape index (κ3) is 3.38. The van der Waals surface area contributed by atoms with Gasteiger partial charge in [-0.15, -0.1) is 0 Å². The van der Waals surface area contributed by atoms with Crippen LogP contribution in [0.1, 0.15) is 13.8 Å². The predicted molar refractivity (Wildman–Crippen MR) is 87.6 cm³/mol. The van der Waals surface area contributed by atoms with E-state index >= 15 is 0 Å². The minimum Gasteiger partial charge on any atom is -0.372 e. The standard InChI is InChI=1S/C16H18ClN3O3/c1-10-6-19(7-11(2)23-10)15(21)8-20-9-18-14-4-3-12(17)5-13(14)16(20)22/h3-5,9-11H,6-8H2,1-2H3. The Balaban J connectivity index is 1.85. The highest BCUT2D eigenvalue weighted by molar-refractivity contribution is 6.31. The number of hydrogen-bond acceptors (Lipinski definition) is 4. The average Bonchev–Trinajstić information content (AvgIpc) is 2.49. The number of hydrogen-bond donors (Lipinski definition) is 0. The molecule has 0 radical (unpaired) electrons. The summed E-state index contributed by atoms with van der Waals surface area (Å²) in [5.74, 6) is -0.114. The zero-order valence-corrected chi connectivity index (χ0v) is 13.8. The summed E-state index contributed by atoms with van der Waals surface area (Å²) in [5, 5.41) is 0.882. The molecule has 1 aromatic heterocycles. The molecule has 23 heavy (non-hydrogen) atoms. The maximum absolute atomic E-state index is 12.5. The highest BCUT2D eigenvalue weighted by Crippen LogP contribution is 2.14. The highest BCUT2D eigenvalue weighted by Gasteiger charge is 2.26. The van der Waals surface area contributed by atoms with Crippen LogP contribution in [0.4, 0.5) is 0 Å². The number of benzene rings is 1. The van der Waals surface area contributed by atoms with E-state index in [0.29, 0.717) is 29.0 Å². The number of halogens is 1. The lowest BCUT2D eigenvalue weighted by Crippen LogP contribution is -2.49. The molecule has 6 nitrogen and oxygen atoms in total. The lowest BCUT2D eigenvalue weighted by Gasteiger charge is -2.35. The van der Waals surface area contributed by atoms with Crippen molar-refractivity contribution in [3.63, 3.8) is 0 Å². The Hall–Kier alpha value is -1.92. The van der Waals surface area contributed by atoms with Gasteiger partial charge in [-0.1, -0.05) is 11.6 Å². The van der Waals surface area contributed by atoms with E-state index in [2.05, 4.69) is 4.98 Å². The highest BCUT2D eigenvalue weighted by atomic mass is 35.5. The molecule has 1 fully saturated rings. The van der Waals surface area contributed by atoms with E-state index in [1.807, 2.05) is 13.8 Å². The fourth-order valence-electron chi connectivity index (χ4n) is 2.87.